The predicted molar refractivity (Wildman–Crippen MR) is 147 cm³/mol. The number of anilines is 1. The van der Waals surface area contributed by atoms with Crippen LogP contribution in [-0.4, -0.2) is 16.6 Å². The van der Waals surface area contributed by atoms with Crippen molar-refractivity contribution < 1.29 is 4.79 Å². The Morgan fingerprint density at radius 2 is 1.59 bits per heavy atom. The van der Waals surface area contributed by atoms with Crippen molar-refractivity contribution in [2.75, 3.05) is 11.1 Å². The fourth-order valence-electron chi connectivity index (χ4n) is 3.72. The van der Waals surface area contributed by atoms with Gasteiger partial charge in [0, 0.05) is 21.8 Å². The second kappa shape index (κ2) is 12.0. The fraction of sp³-hybridized carbons (Fsp3) is 0.241. The predicted octanol–water partition coefficient (Wildman–Crippen LogP) is 8.25. The number of carbonyl (C=O) groups excluding carboxylic acids is 1. The Morgan fingerprint density at radius 1 is 0.912 bits per heavy atom. The summed E-state index contributed by atoms with van der Waals surface area (Å²) in [5, 5.41) is 3.73. The molecule has 0 aliphatic rings. The van der Waals surface area contributed by atoms with Crippen molar-refractivity contribution in [3.8, 4) is 22.4 Å². The van der Waals surface area contributed by atoms with Crippen LogP contribution in [0.25, 0.3) is 22.4 Å². The number of rotatable bonds is 10. The summed E-state index contributed by atoms with van der Waals surface area (Å²) in [6.45, 7) is 4.26. The zero-order valence-electron chi connectivity index (χ0n) is 19.7. The van der Waals surface area contributed by atoms with E-state index in [2.05, 4.69) is 92.0 Å². The van der Waals surface area contributed by atoms with Crippen LogP contribution in [0.1, 0.15) is 36.6 Å². The Kier molecular flexibility index (Phi) is 8.56. The number of thioether (sulfide) groups is 1. The van der Waals surface area contributed by atoms with Crippen LogP contribution in [0.3, 0.4) is 0 Å². The van der Waals surface area contributed by atoms with E-state index in [1.54, 1.807) is 23.1 Å². The minimum absolute atomic E-state index is 0.0345. The van der Waals surface area contributed by atoms with Gasteiger partial charge >= 0.3 is 0 Å². The minimum atomic E-state index is 0.0345. The first-order valence-electron chi connectivity index (χ1n) is 11.8. The highest BCUT2D eigenvalue weighted by molar-refractivity contribution is 7.99. The molecular weight excluding hydrogens is 456 g/mol. The van der Waals surface area contributed by atoms with E-state index in [-0.39, 0.29) is 5.91 Å². The average Bonchev–Trinajstić information content (AvgIpc) is 3.26. The van der Waals surface area contributed by atoms with Crippen molar-refractivity contribution in [1.82, 2.24) is 4.98 Å². The van der Waals surface area contributed by atoms with E-state index in [0.717, 1.165) is 36.3 Å². The first kappa shape index (κ1) is 24.2. The van der Waals surface area contributed by atoms with E-state index >= 15 is 0 Å². The minimum Gasteiger partial charge on any atom is -0.302 e. The first-order valence-corrected chi connectivity index (χ1v) is 13.6. The van der Waals surface area contributed by atoms with Gasteiger partial charge in [-0.15, -0.1) is 23.1 Å². The lowest BCUT2D eigenvalue weighted by Gasteiger charge is -2.05. The molecule has 4 aromatic rings. The molecule has 0 radical (unpaired) electrons. The molecular formula is C29H30N2OS2. The number of hydrogen-bond donors (Lipinski definition) is 1. The summed E-state index contributed by atoms with van der Waals surface area (Å²) >= 11 is 3.39. The topological polar surface area (TPSA) is 42.0 Å². The van der Waals surface area contributed by atoms with Crippen LogP contribution in [0, 0.1) is 6.92 Å². The standard InChI is InChI=1S/C29H30N2OS2/c1-3-8-26-28(24-16-14-23(15-17-24)22-9-5-4-6-10-22)31-29(34-26)30-27(32)11-7-20-33-25-18-12-21(2)13-19-25/h4-6,9-10,12-19H,3,7-8,11,20H2,1-2H3,(H,30,31,32). The van der Waals surface area contributed by atoms with Crippen LogP contribution in [-0.2, 0) is 11.2 Å². The molecule has 0 unspecified atom stereocenters. The molecule has 1 N–H and O–H groups in total. The molecule has 0 saturated carbocycles. The Balaban J connectivity index is 1.36. The van der Waals surface area contributed by atoms with Gasteiger partial charge in [-0.05, 0) is 48.8 Å². The van der Waals surface area contributed by atoms with Crippen LogP contribution < -0.4 is 5.32 Å². The molecule has 0 aliphatic carbocycles. The molecule has 174 valence electrons. The Morgan fingerprint density at radius 3 is 2.29 bits per heavy atom. The van der Waals surface area contributed by atoms with Crippen LogP contribution >= 0.6 is 23.1 Å². The maximum atomic E-state index is 12.5. The van der Waals surface area contributed by atoms with Crippen molar-refractivity contribution in [1.29, 1.82) is 0 Å². The highest BCUT2D eigenvalue weighted by Gasteiger charge is 2.15. The van der Waals surface area contributed by atoms with Gasteiger partial charge in [0.15, 0.2) is 5.13 Å². The van der Waals surface area contributed by atoms with Gasteiger partial charge < -0.3 is 5.32 Å². The number of hydrogen-bond acceptors (Lipinski definition) is 4. The van der Waals surface area contributed by atoms with Gasteiger partial charge in [-0.2, -0.15) is 0 Å². The highest BCUT2D eigenvalue weighted by Crippen LogP contribution is 2.33. The number of nitrogens with one attached hydrogen (secondary N) is 1. The third-order valence-electron chi connectivity index (χ3n) is 5.52. The molecule has 3 nitrogen and oxygen atoms in total. The number of nitrogens with zero attached hydrogens (tertiary/aromatic N) is 1. The Bertz CT molecular complexity index is 1200. The maximum absolute atomic E-state index is 12.5. The van der Waals surface area contributed by atoms with Gasteiger partial charge in [0.25, 0.3) is 0 Å². The van der Waals surface area contributed by atoms with Gasteiger partial charge in [-0.1, -0.05) is 85.6 Å². The van der Waals surface area contributed by atoms with Crippen molar-refractivity contribution in [3.05, 3.63) is 89.3 Å². The molecule has 0 saturated heterocycles. The summed E-state index contributed by atoms with van der Waals surface area (Å²) in [6, 6.07) is 27.4. The van der Waals surface area contributed by atoms with E-state index in [1.807, 2.05) is 6.07 Å². The van der Waals surface area contributed by atoms with Gasteiger partial charge in [0.2, 0.25) is 5.91 Å². The van der Waals surface area contributed by atoms with Crippen LogP contribution in [0.5, 0.6) is 0 Å². The molecule has 0 atom stereocenters. The zero-order valence-corrected chi connectivity index (χ0v) is 21.3. The second-order valence-electron chi connectivity index (χ2n) is 8.30. The normalized spacial score (nSPS) is 10.9. The monoisotopic (exact) mass is 486 g/mol. The second-order valence-corrected chi connectivity index (χ2v) is 10.5. The van der Waals surface area contributed by atoms with Crippen molar-refractivity contribution in [3.63, 3.8) is 0 Å². The molecule has 0 fully saturated rings. The molecule has 0 spiro atoms. The zero-order chi connectivity index (χ0) is 23.8. The fourth-order valence-corrected chi connectivity index (χ4v) is 5.67. The van der Waals surface area contributed by atoms with Crippen LogP contribution in [0.4, 0.5) is 5.13 Å². The molecule has 1 amide bonds. The number of aromatic nitrogens is 1. The number of carbonyl (C=O) groups is 1. The quantitative estimate of drug-likeness (QED) is 0.181. The van der Waals surface area contributed by atoms with E-state index in [9.17, 15) is 4.79 Å². The largest absolute Gasteiger partial charge is 0.302 e. The highest BCUT2D eigenvalue weighted by atomic mass is 32.2. The van der Waals surface area contributed by atoms with Crippen molar-refractivity contribution in [2.45, 2.75) is 44.4 Å². The lowest BCUT2D eigenvalue weighted by Crippen LogP contribution is -2.11. The summed E-state index contributed by atoms with van der Waals surface area (Å²) in [5.41, 5.74) is 5.73. The molecule has 0 aliphatic heterocycles. The molecule has 5 heteroatoms. The van der Waals surface area contributed by atoms with E-state index in [1.165, 1.54) is 26.5 Å². The summed E-state index contributed by atoms with van der Waals surface area (Å²) in [4.78, 5) is 19.8. The summed E-state index contributed by atoms with van der Waals surface area (Å²) in [7, 11) is 0. The van der Waals surface area contributed by atoms with E-state index in [0.29, 0.717) is 11.6 Å². The summed E-state index contributed by atoms with van der Waals surface area (Å²) in [5.74, 6) is 0.960. The molecule has 0 bridgehead atoms. The number of aryl methyl sites for hydroxylation is 2. The summed E-state index contributed by atoms with van der Waals surface area (Å²) < 4.78 is 0. The summed E-state index contributed by atoms with van der Waals surface area (Å²) in [6.07, 6.45) is 3.34. The molecule has 34 heavy (non-hydrogen) atoms. The third kappa shape index (κ3) is 6.58. The number of benzene rings is 3. The Hall–Kier alpha value is -2.89. The van der Waals surface area contributed by atoms with E-state index in [4.69, 9.17) is 4.98 Å². The van der Waals surface area contributed by atoms with Crippen molar-refractivity contribution in [2.24, 2.45) is 0 Å². The number of thiazole rings is 1. The SMILES string of the molecule is CCCc1sc(NC(=O)CCCSc2ccc(C)cc2)nc1-c1ccc(-c2ccccc2)cc1. The first-order chi connectivity index (χ1) is 16.6. The van der Waals surface area contributed by atoms with Gasteiger partial charge in [-0.3, -0.25) is 4.79 Å². The molecule has 1 aromatic heterocycles. The average molecular weight is 487 g/mol. The van der Waals surface area contributed by atoms with Crippen LogP contribution in [0.15, 0.2) is 83.8 Å². The van der Waals surface area contributed by atoms with Crippen molar-refractivity contribution >= 4 is 34.1 Å². The lowest BCUT2D eigenvalue weighted by atomic mass is 10.0. The number of amides is 1. The third-order valence-corrected chi connectivity index (χ3v) is 7.65. The Labute approximate surface area is 210 Å². The lowest BCUT2D eigenvalue weighted by molar-refractivity contribution is -0.116. The molecule has 4 rings (SSSR count). The van der Waals surface area contributed by atoms with Gasteiger partial charge in [0.1, 0.15) is 0 Å². The maximum Gasteiger partial charge on any atom is 0.226 e. The molecule has 1 heterocycles. The van der Waals surface area contributed by atoms with Crippen LogP contribution in [0.2, 0.25) is 0 Å². The van der Waals surface area contributed by atoms with E-state index < -0.39 is 0 Å². The van der Waals surface area contributed by atoms with Gasteiger partial charge in [0.05, 0.1) is 5.69 Å². The van der Waals surface area contributed by atoms with Gasteiger partial charge in [-0.25, -0.2) is 4.98 Å². The molecule has 3 aromatic carbocycles. The smallest absolute Gasteiger partial charge is 0.226 e.